The van der Waals surface area contributed by atoms with Crippen molar-refractivity contribution in [3.63, 3.8) is 0 Å². The average molecular weight is 572 g/mol. The molecule has 2 aromatic carbocycles. The van der Waals surface area contributed by atoms with E-state index in [1.165, 1.54) is 18.2 Å². The van der Waals surface area contributed by atoms with E-state index >= 15 is 0 Å². The first-order chi connectivity index (χ1) is 19.4. The minimum atomic E-state index is -2.71. The van der Waals surface area contributed by atoms with Crippen LogP contribution in [0, 0.1) is 17.7 Å². The lowest BCUT2D eigenvalue weighted by Gasteiger charge is -2.36. The number of amides is 4. The third-order valence-corrected chi connectivity index (χ3v) is 8.81. The van der Waals surface area contributed by atoms with Gasteiger partial charge in [0.05, 0.1) is 17.8 Å². The van der Waals surface area contributed by atoms with Crippen LogP contribution in [0.4, 0.5) is 29.3 Å². The second-order valence-corrected chi connectivity index (χ2v) is 11.9. The molecule has 0 radical (unpaired) electrons. The number of halogens is 3. The molecule has 2 fully saturated rings. The van der Waals surface area contributed by atoms with Crippen LogP contribution >= 0.6 is 0 Å². The maximum atomic E-state index is 14.5. The van der Waals surface area contributed by atoms with Crippen LogP contribution < -0.4 is 21.7 Å². The van der Waals surface area contributed by atoms with E-state index in [1.54, 1.807) is 29.2 Å². The normalized spacial score (nSPS) is 24.6. The van der Waals surface area contributed by atoms with Crippen LogP contribution in [0.15, 0.2) is 42.5 Å². The van der Waals surface area contributed by atoms with E-state index in [0.29, 0.717) is 12.2 Å². The van der Waals surface area contributed by atoms with Gasteiger partial charge in [-0.1, -0.05) is 32.0 Å². The van der Waals surface area contributed by atoms with E-state index in [9.17, 15) is 27.6 Å². The van der Waals surface area contributed by atoms with Gasteiger partial charge in [-0.05, 0) is 60.1 Å². The zero-order chi connectivity index (χ0) is 29.5. The highest BCUT2D eigenvalue weighted by Gasteiger charge is 2.53. The van der Waals surface area contributed by atoms with Gasteiger partial charge in [-0.3, -0.25) is 9.59 Å². The molecule has 1 heterocycles. The SMILES string of the molecule is CC(C)[C@@H]1CN(C2(C(=O)Nc3ccccc3F)Cc3ccc(NC(=O)[C@@H](N)C4CCC(F)(F)CC4)cc3C2)C(=O)N1. The summed E-state index contributed by atoms with van der Waals surface area (Å²) < 4.78 is 41.6. The van der Waals surface area contributed by atoms with Gasteiger partial charge in [-0.25, -0.2) is 18.0 Å². The molecular formula is C30H36F3N5O3. The molecule has 41 heavy (non-hydrogen) atoms. The summed E-state index contributed by atoms with van der Waals surface area (Å²) in [6, 6.07) is 9.66. The smallest absolute Gasteiger partial charge is 0.318 e. The fraction of sp³-hybridized carbons (Fsp3) is 0.500. The van der Waals surface area contributed by atoms with Crippen LogP contribution in [-0.4, -0.2) is 52.8 Å². The van der Waals surface area contributed by atoms with Gasteiger partial charge in [0.2, 0.25) is 11.8 Å². The first-order valence-corrected chi connectivity index (χ1v) is 14.1. The molecule has 1 aliphatic heterocycles. The number of nitrogens with zero attached hydrogens (tertiary/aromatic N) is 1. The summed E-state index contributed by atoms with van der Waals surface area (Å²) in [6.45, 7) is 4.29. The Bertz CT molecular complexity index is 1340. The van der Waals surface area contributed by atoms with E-state index < -0.39 is 35.1 Å². The molecule has 8 nitrogen and oxygen atoms in total. The van der Waals surface area contributed by atoms with Gasteiger partial charge < -0.3 is 26.6 Å². The first kappa shape index (κ1) is 28.9. The van der Waals surface area contributed by atoms with Crippen LogP contribution in [0.2, 0.25) is 0 Å². The number of anilines is 2. The van der Waals surface area contributed by atoms with Crippen molar-refractivity contribution in [2.24, 2.45) is 17.6 Å². The van der Waals surface area contributed by atoms with Crippen molar-refractivity contribution in [1.82, 2.24) is 10.2 Å². The predicted octanol–water partition coefficient (Wildman–Crippen LogP) is 4.44. The Morgan fingerprint density at radius 1 is 1.05 bits per heavy atom. The van der Waals surface area contributed by atoms with Crippen molar-refractivity contribution in [2.75, 3.05) is 17.2 Å². The van der Waals surface area contributed by atoms with Crippen molar-refractivity contribution >= 4 is 29.2 Å². The van der Waals surface area contributed by atoms with Crippen LogP contribution in [0.3, 0.4) is 0 Å². The number of hydrogen-bond acceptors (Lipinski definition) is 4. The number of urea groups is 1. The molecular weight excluding hydrogens is 535 g/mol. The van der Waals surface area contributed by atoms with E-state index in [4.69, 9.17) is 5.73 Å². The second kappa shape index (κ2) is 11.0. The summed E-state index contributed by atoms with van der Waals surface area (Å²) in [4.78, 5) is 41.5. The molecule has 0 spiro atoms. The molecule has 4 amide bonds. The Balaban J connectivity index is 1.37. The van der Waals surface area contributed by atoms with Gasteiger partial charge in [-0.15, -0.1) is 0 Å². The number of benzene rings is 2. The fourth-order valence-electron chi connectivity index (χ4n) is 6.18. The summed E-state index contributed by atoms with van der Waals surface area (Å²) in [5, 5.41) is 8.46. The molecule has 0 aromatic heterocycles. The van der Waals surface area contributed by atoms with Crippen LogP contribution in [0.5, 0.6) is 0 Å². The second-order valence-electron chi connectivity index (χ2n) is 11.9. The molecule has 5 rings (SSSR count). The molecule has 11 heteroatoms. The Morgan fingerprint density at radius 2 is 1.73 bits per heavy atom. The molecule has 3 aliphatic rings. The molecule has 1 saturated carbocycles. The zero-order valence-electron chi connectivity index (χ0n) is 23.2. The fourth-order valence-corrected chi connectivity index (χ4v) is 6.18. The Labute approximate surface area is 237 Å². The number of hydrogen-bond donors (Lipinski definition) is 4. The van der Waals surface area contributed by atoms with Crippen LogP contribution in [0.1, 0.15) is 50.7 Å². The number of fused-ring (bicyclic) bond motifs is 1. The van der Waals surface area contributed by atoms with E-state index in [2.05, 4.69) is 16.0 Å². The van der Waals surface area contributed by atoms with Crippen molar-refractivity contribution < 1.29 is 27.6 Å². The van der Waals surface area contributed by atoms with Crippen molar-refractivity contribution in [3.05, 3.63) is 59.4 Å². The summed E-state index contributed by atoms with van der Waals surface area (Å²) in [5.41, 5.74) is 6.91. The highest BCUT2D eigenvalue weighted by atomic mass is 19.3. The minimum absolute atomic E-state index is 0.0234. The number of rotatable bonds is 7. The Morgan fingerprint density at radius 3 is 2.39 bits per heavy atom. The topological polar surface area (TPSA) is 117 Å². The number of alkyl halides is 2. The third-order valence-electron chi connectivity index (χ3n) is 8.81. The lowest BCUT2D eigenvalue weighted by atomic mass is 9.82. The summed E-state index contributed by atoms with van der Waals surface area (Å²) in [5.74, 6) is -4.44. The van der Waals surface area contributed by atoms with Gasteiger partial charge >= 0.3 is 6.03 Å². The van der Waals surface area contributed by atoms with Crippen molar-refractivity contribution in [1.29, 1.82) is 0 Å². The molecule has 1 saturated heterocycles. The van der Waals surface area contributed by atoms with Crippen molar-refractivity contribution in [2.45, 2.75) is 75.9 Å². The number of nitrogens with one attached hydrogen (secondary N) is 3. The van der Waals surface area contributed by atoms with Gasteiger partial charge in [0.15, 0.2) is 0 Å². The maximum absolute atomic E-state index is 14.5. The highest BCUT2D eigenvalue weighted by molar-refractivity contribution is 6.02. The summed E-state index contributed by atoms with van der Waals surface area (Å²) in [6.07, 6.45) is 0.174. The highest BCUT2D eigenvalue weighted by Crippen LogP contribution is 2.40. The van der Waals surface area contributed by atoms with E-state index in [0.717, 1.165) is 11.1 Å². The maximum Gasteiger partial charge on any atom is 0.318 e. The van der Waals surface area contributed by atoms with E-state index in [-0.39, 0.29) is 68.1 Å². The number of para-hydroxylation sites is 1. The van der Waals surface area contributed by atoms with Crippen LogP contribution in [0.25, 0.3) is 0 Å². The lowest BCUT2D eigenvalue weighted by molar-refractivity contribution is -0.125. The van der Waals surface area contributed by atoms with Gasteiger partial charge in [0.1, 0.15) is 11.4 Å². The van der Waals surface area contributed by atoms with Crippen LogP contribution in [-0.2, 0) is 22.4 Å². The predicted molar refractivity (Wildman–Crippen MR) is 149 cm³/mol. The number of carbonyl (C=O) groups excluding carboxylic acids is 3. The molecule has 2 aromatic rings. The number of carbonyl (C=O) groups is 3. The summed E-state index contributed by atoms with van der Waals surface area (Å²) >= 11 is 0. The zero-order valence-corrected chi connectivity index (χ0v) is 23.2. The Hall–Kier alpha value is -3.60. The number of nitrogens with two attached hydrogens (primary N) is 1. The molecule has 5 N–H and O–H groups in total. The standard InChI is InChI=1S/C30H36F3N5O3/c1-17(2)24-16-38(28(41)37-24)29(27(40)36-23-6-4-3-5-22(23)31)14-19-7-8-21(13-20(19)15-29)35-26(39)25(34)18-9-11-30(32,33)12-10-18/h3-8,13,17-18,24-25H,9-12,14-16,34H2,1-2H3,(H,35,39)(H,36,40)(H,37,41)/t24-,25-,29?/m0/s1. The first-order valence-electron chi connectivity index (χ1n) is 14.1. The monoisotopic (exact) mass is 571 g/mol. The molecule has 1 unspecified atom stereocenters. The lowest BCUT2D eigenvalue weighted by Crippen LogP contribution is -2.59. The summed E-state index contributed by atoms with van der Waals surface area (Å²) in [7, 11) is 0. The largest absolute Gasteiger partial charge is 0.333 e. The molecule has 220 valence electrons. The van der Waals surface area contributed by atoms with Crippen molar-refractivity contribution in [3.8, 4) is 0 Å². The van der Waals surface area contributed by atoms with Gasteiger partial charge in [0, 0.05) is 37.9 Å². The van der Waals surface area contributed by atoms with E-state index in [1.807, 2.05) is 13.8 Å². The third kappa shape index (κ3) is 5.77. The molecule has 0 bridgehead atoms. The van der Waals surface area contributed by atoms with Gasteiger partial charge in [-0.2, -0.15) is 0 Å². The quantitative estimate of drug-likeness (QED) is 0.393. The minimum Gasteiger partial charge on any atom is -0.333 e. The molecule has 2 aliphatic carbocycles. The average Bonchev–Trinajstić information content (AvgIpc) is 3.51. The van der Waals surface area contributed by atoms with Gasteiger partial charge in [0.25, 0.3) is 5.91 Å². The molecule has 3 atom stereocenters. The Kier molecular flexibility index (Phi) is 7.76.